The van der Waals surface area contributed by atoms with Gasteiger partial charge in [-0.1, -0.05) is 36.4 Å². The normalized spacial score (nSPS) is 19.2. The summed E-state index contributed by atoms with van der Waals surface area (Å²) in [5.41, 5.74) is 4.05. The molecular formula is C20H21FN2O4. The fraction of sp³-hybridized carbons (Fsp3) is 0.300. The maximum absolute atomic E-state index is 13.1. The van der Waals surface area contributed by atoms with E-state index in [0.717, 1.165) is 11.1 Å². The standard InChI is InChI=1S/C20H21FN2O4/c21-15-7-5-12(6-8-15)9-14(11-18(25)23-27)20(26)22-19-16-4-2-1-3-13(16)10-17(19)24/h1-8,14,17,19,24,27H,9-11H2,(H,22,26)(H,23,25). The number of carbonyl (C=O) groups is 2. The molecule has 4 N–H and O–H groups in total. The number of fused-ring (bicyclic) bond motifs is 1. The summed E-state index contributed by atoms with van der Waals surface area (Å²) in [6, 6.07) is 12.6. The van der Waals surface area contributed by atoms with Gasteiger partial charge < -0.3 is 10.4 Å². The number of nitrogens with one attached hydrogen (secondary N) is 2. The first kappa shape index (κ1) is 19.0. The molecule has 0 fully saturated rings. The topological polar surface area (TPSA) is 98.7 Å². The molecule has 0 heterocycles. The Kier molecular flexibility index (Phi) is 5.83. The van der Waals surface area contributed by atoms with Crippen molar-refractivity contribution in [3.63, 3.8) is 0 Å². The minimum Gasteiger partial charge on any atom is -0.390 e. The van der Waals surface area contributed by atoms with E-state index in [4.69, 9.17) is 5.21 Å². The highest BCUT2D eigenvalue weighted by atomic mass is 19.1. The largest absolute Gasteiger partial charge is 0.390 e. The smallest absolute Gasteiger partial charge is 0.244 e. The Bertz CT molecular complexity index is 825. The van der Waals surface area contributed by atoms with Crippen molar-refractivity contribution in [2.24, 2.45) is 5.92 Å². The van der Waals surface area contributed by atoms with Crippen LogP contribution in [0.2, 0.25) is 0 Å². The molecular weight excluding hydrogens is 351 g/mol. The quantitative estimate of drug-likeness (QED) is 0.458. The van der Waals surface area contributed by atoms with E-state index in [1.165, 1.54) is 17.6 Å². The first-order chi connectivity index (χ1) is 13.0. The van der Waals surface area contributed by atoms with Crippen molar-refractivity contribution in [2.75, 3.05) is 0 Å². The summed E-state index contributed by atoms with van der Waals surface area (Å²) >= 11 is 0. The monoisotopic (exact) mass is 372 g/mol. The average molecular weight is 372 g/mol. The molecule has 7 heteroatoms. The lowest BCUT2D eigenvalue weighted by Gasteiger charge is -2.22. The van der Waals surface area contributed by atoms with Gasteiger partial charge in [-0.2, -0.15) is 0 Å². The van der Waals surface area contributed by atoms with Crippen LogP contribution in [-0.2, 0) is 22.4 Å². The van der Waals surface area contributed by atoms with Crippen LogP contribution in [-0.4, -0.2) is 28.2 Å². The Morgan fingerprint density at radius 2 is 1.85 bits per heavy atom. The molecule has 0 aromatic heterocycles. The summed E-state index contributed by atoms with van der Waals surface area (Å²) in [5, 5.41) is 21.9. The Hall–Kier alpha value is -2.77. The van der Waals surface area contributed by atoms with Gasteiger partial charge in [-0.05, 0) is 35.2 Å². The van der Waals surface area contributed by atoms with Crippen LogP contribution < -0.4 is 10.8 Å². The number of rotatable bonds is 6. The molecule has 3 atom stereocenters. The maximum Gasteiger partial charge on any atom is 0.244 e. The van der Waals surface area contributed by atoms with Crippen molar-refractivity contribution in [1.29, 1.82) is 0 Å². The van der Waals surface area contributed by atoms with E-state index in [0.29, 0.717) is 12.0 Å². The Morgan fingerprint density at radius 1 is 1.15 bits per heavy atom. The average Bonchev–Trinajstić information content (AvgIpc) is 2.98. The van der Waals surface area contributed by atoms with Gasteiger partial charge in [-0.3, -0.25) is 14.8 Å². The van der Waals surface area contributed by atoms with Gasteiger partial charge in [0.25, 0.3) is 0 Å². The van der Waals surface area contributed by atoms with E-state index in [1.54, 1.807) is 12.1 Å². The summed E-state index contributed by atoms with van der Waals surface area (Å²) in [7, 11) is 0. The Balaban J connectivity index is 1.76. The van der Waals surface area contributed by atoms with Crippen LogP contribution in [0.25, 0.3) is 0 Å². The number of halogens is 1. The minimum atomic E-state index is -0.775. The first-order valence-electron chi connectivity index (χ1n) is 8.71. The number of carbonyl (C=O) groups excluding carboxylic acids is 2. The van der Waals surface area contributed by atoms with Crippen LogP contribution in [0.3, 0.4) is 0 Å². The van der Waals surface area contributed by atoms with Crippen molar-refractivity contribution in [3.05, 3.63) is 71.0 Å². The van der Waals surface area contributed by atoms with Crippen LogP contribution in [0, 0.1) is 11.7 Å². The lowest BCUT2D eigenvalue weighted by molar-refractivity contribution is -0.135. The second-order valence-electron chi connectivity index (χ2n) is 6.72. The zero-order valence-electron chi connectivity index (χ0n) is 14.6. The van der Waals surface area contributed by atoms with E-state index >= 15 is 0 Å². The van der Waals surface area contributed by atoms with E-state index < -0.39 is 35.7 Å². The molecule has 2 aromatic carbocycles. The summed E-state index contributed by atoms with van der Waals surface area (Å²) in [6.07, 6.45) is -0.334. The second-order valence-corrected chi connectivity index (χ2v) is 6.72. The first-order valence-corrected chi connectivity index (χ1v) is 8.71. The maximum atomic E-state index is 13.1. The van der Waals surface area contributed by atoms with Crippen molar-refractivity contribution in [2.45, 2.75) is 31.4 Å². The molecule has 1 aliphatic rings. The number of amides is 2. The van der Waals surface area contributed by atoms with Gasteiger partial charge in [0.2, 0.25) is 11.8 Å². The van der Waals surface area contributed by atoms with Gasteiger partial charge in [0, 0.05) is 12.8 Å². The van der Waals surface area contributed by atoms with Gasteiger partial charge in [0.15, 0.2) is 0 Å². The molecule has 3 rings (SSSR count). The van der Waals surface area contributed by atoms with Crippen LogP contribution >= 0.6 is 0 Å². The lowest BCUT2D eigenvalue weighted by Crippen LogP contribution is -2.40. The van der Waals surface area contributed by atoms with Crippen molar-refractivity contribution >= 4 is 11.8 Å². The highest BCUT2D eigenvalue weighted by Gasteiger charge is 2.34. The molecule has 0 saturated carbocycles. The summed E-state index contributed by atoms with van der Waals surface area (Å²) in [6.45, 7) is 0. The highest BCUT2D eigenvalue weighted by Crippen LogP contribution is 2.31. The van der Waals surface area contributed by atoms with E-state index in [-0.39, 0.29) is 12.8 Å². The van der Waals surface area contributed by atoms with E-state index in [1.807, 2.05) is 24.3 Å². The Morgan fingerprint density at radius 3 is 2.56 bits per heavy atom. The third-order valence-electron chi connectivity index (χ3n) is 4.82. The van der Waals surface area contributed by atoms with Crippen molar-refractivity contribution in [1.82, 2.24) is 10.8 Å². The summed E-state index contributed by atoms with van der Waals surface area (Å²) in [5.74, 6) is -2.27. The van der Waals surface area contributed by atoms with Gasteiger partial charge in [0.05, 0.1) is 18.1 Å². The highest BCUT2D eigenvalue weighted by molar-refractivity contribution is 5.86. The molecule has 27 heavy (non-hydrogen) atoms. The van der Waals surface area contributed by atoms with Crippen LogP contribution in [0.4, 0.5) is 4.39 Å². The second kappa shape index (κ2) is 8.28. The van der Waals surface area contributed by atoms with Gasteiger partial charge in [0.1, 0.15) is 5.82 Å². The van der Waals surface area contributed by atoms with E-state index in [2.05, 4.69) is 5.32 Å². The van der Waals surface area contributed by atoms with Gasteiger partial charge >= 0.3 is 0 Å². The van der Waals surface area contributed by atoms with Crippen LogP contribution in [0.15, 0.2) is 48.5 Å². The summed E-state index contributed by atoms with van der Waals surface area (Å²) in [4.78, 5) is 24.4. The number of aliphatic hydroxyl groups is 1. The van der Waals surface area contributed by atoms with Gasteiger partial charge in [-0.15, -0.1) is 0 Å². The number of aliphatic hydroxyl groups excluding tert-OH is 1. The third-order valence-corrected chi connectivity index (χ3v) is 4.82. The zero-order valence-corrected chi connectivity index (χ0v) is 14.6. The predicted molar refractivity (Wildman–Crippen MR) is 95.2 cm³/mol. The molecule has 0 bridgehead atoms. The number of hydroxylamine groups is 1. The fourth-order valence-electron chi connectivity index (χ4n) is 3.45. The zero-order chi connectivity index (χ0) is 19.4. The molecule has 2 aromatic rings. The molecule has 0 saturated heterocycles. The molecule has 0 spiro atoms. The molecule has 6 nitrogen and oxygen atoms in total. The van der Waals surface area contributed by atoms with E-state index in [9.17, 15) is 19.1 Å². The van der Waals surface area contributed by atoms with Gasteiger partial charge in [-0.25, -0.2) is 9.87 Å². The fourth-order valence-corrected chi connectivity index (χ4v) is 3.45. The van der Waals surface area contributed by atoms with Crippen molar-refractivity contribution in [3.8, 4) is 0 Å². The molecule has 0 radical (unpaired) electrons. The van der Waals surface area contributed by atoms with Crippen LogP contribution in [0.5, 0.6) is 0 Å². The van der Waals surface area contributed by atoms with Crippen molar-refractivity contribution < 1.29 is 24.3 Å². The summed E-state index contributed by atoms with van der Waals surface area (Å²) < 4.78 is 13.1. The van der Waals surface area contributed by atoms with Crippen LogP contribution in [0.1, 0.15) is 29.2 Å². The number of hydrogen-bond acceptors (Lipinski definition) is 4. The SMILES string of the molecule is O=C(CC(Cc1ccc(F)cc1)C(=O)NC1c2ccccc2CC1O)NO. The molecule has 142 valence electrons. The third kappa shape index (κ3) is 4.50. The molecule has 0 aliphatic heterocycles. The molecule has 1 aliphatic carbocycles. The molecule has 3 unspecified atom stereocenters. The molecule has 2 amide bonds. The Labute approximate surface area is 156 Å². The minimum absolute atomic E-state index is 0.198. The predicted octanol–water partition coefficient (Wildman–Crippen LogP) is 1.65. The number of benzene rings is 2. The lowest BCUT2D eigenvalue weighted by atomic mass is 9.94. The number of hydrogen-bond donors (Lipinski definition) is 4.